The van der Waals surface area contributed by atoms with Crippen molar-refractivity contribution >= 4 is 28.2 Å². The van der Waals surface area contributed by atoms with Crippen LogP contribution >= 0.6 is 11.3 Å². The summed E-state index contributed by atoms with van der Waals surface area (Å²) in [5, 5.41) is 4.07. The fourth-order valence-corrected chi connectivity index (χ4v) is 3.37. The molecule has 3 N–H and O–H groups in total. The molecule has 1 aliphatic heterocycles. The van der Waals surface area contributed by atoms with Gasteiger partial charge in [0.15, 0.2) is 5.13 Å². The first-order valence-corrected chi connectivity index (χ1v) is 7.85. The number of nitrogens with zero attached hydrogens (tertiary/aromatic N) is 3. The van der Waals surface area contributed by atoms with Gasteiger partial charge in [-0.2, -0.15) is 0 Å². The lowest BCUT2D eigenvalue weighted by Crippen LogP contribution is -2.34. The minimum atomic E-state index is 0.0215. The fraction of sp³-hybridized carbons (Fsp3) is 0.692. The van der Waals surface area contributed by atoms with Crippen molar-refractivity contribution in [2.45, 2.75) is 31.3 Å². The number of hydrogen-bond donors (Lipinski definition) is 2. The lowest BCUT2D eigenvalue weighted by Gasteiger charge is -2.20. The van der Waals surface area contributed by atoms with Crippen LogP contribution in [0.4, 0.5) is 10.9 Å². The largest absolute Gasteiger partial charge is 0.382 e. The van der Waals surface area contributed by atoms with Crippen LogP contribution in [0.2, 0.25) is 0 Å². The summed E-state index contributed by atoms with van der Waals surface area (Å²) >= 11 is 1.38. The standard InChI is InChI=1S/C13H21N5OS/c1-17(2)9-5-6-18(7-9)12(19)10-11(14)16-13(20-10)15-8-3-4-8/h8-9H,3-7,14H2,1-2H3,(H,15,16). The third kappa shape index (κ3) is 2.73. The van der Waals surface area contributed by atoms with Crippen LogP contribution in [0, 0.1) is 0 Å². The maximum absolute atomic E-state index is 12.5. The molecular weight excluding hydrogens is 274 g/mol. The van der Waals surface area contributed by atoms with E-state index in [1.54, 1.807) is 0 Å². The zero-order valence-electron chi connectivity index (χ0n) is 11.9. The second-order valence-corrected chi connectivity index (χ2v) is 6.81. The number of amides is 1. The van der Waals surface area contributed by atoms with Gasteiger partial charge in [0, 0.05) is 25.2 Å². The van der Waals surface area contributed by atoms with E-state index in [-0.39, 0.29) is 5.91 Å². The number of nitrogen functional groups attached to an aromatic ring is 1. The molecule has 0 bridgehead atoms. The van der Waals surface area contributed by atoms with Gasteiger partial charge >= 0.3 is 0 Å². The monoisotopic (exact) mass is 295 g/mol. The molecule has 1 saturated carbocycles. The molecule has 110 valence electrons. The molecule has 7 heteroatoms. The van der Waals surface area contributed by atoms with Gasteiger partial charge in [0.25, 0.3) is 5.91 Å². The first-order chi connectivity index (χ1) is 9.54. The highest BCUT2D eigenvalue weighted by molar-refractivity contribution is 7.18. The Balaban J connectivity index is 1.69. The smallest absolute Gasteiger partial charge is 0.267 e. The summed E-state index contributed by atoms with van der Waals surface area (Å²) in [4.78, 5) is 21.4. The van der Waals surface area contributed by atoms with Gasteiger partial charge in [-0.25, -0.2) is 4.98 Å². The SMILES string of the molecule is CN(C)C1CCN(C(=O)c2sc(NC3CC3)nc2N)C1. The maximum atomic E-state index is 12.5. The van der Waals surface area contributed by atoms with E-state index < -0.39 is 0 Å². The van der Waals surface area contributed by atoms with E-state index in [9.17, 15) is 4.79 Å². The molecule has 1 aromatic rings. The van der Waals surface area contributed by atoms with Gasteiger partial charge in [0.1, 0.15) is 10.7 Å². The van der Waals surface area contributed by atoms with Gasteiger partial charge in [-0.05, 0) is 33.4 Å². The Kier molecular flexibility index (Phi) is 3.55. The third-order valence-electron chi connectivity index (χ3n) is 3.93. The minimum absolute atomic E-state index is 0.0215. The zero-order chi connectivity index (χ0) is 14.3. The first-order valence-electron chi connectivity index (χ1n) is 7.03. The molecule has 1 atom stereocenters. The van der Waals surface area contributed by atoms with Gasteiger partial charge in [0.05, 0.1) is 0 Å². The number of anilines is 2. The number of aromatic nitrogens is 1. The summed E-state index contributed by atoms with van der Waals surface area (Å²) < 4.78 is 0. The van der Waals surface area contributed by atoms with Crippen molar-refractivity contribution in [3.63, 3.8) is 0 Å². The number of nitrogens with two attached hydrogens (primary N) is 1. The normalized spacial score (nSPS) is 22.6. The highest BCUT2D eigenvalue weighted by Crippen LogP contribution is 2.31. The van der Waals surface area contributed by atoms with E-state index in [2.05, 4.69) is 29.3 Å². The van der Waals surface area contributed by atoms with Gasteiger partial charge in [-0.15, -0.1) is 0 Å². The molecule has 3 rings (SSSR count). The second kappa shape index (κ2) is 5.21. The molecule has 1 aromatic heterocycles. The van der Waals surface area contributed by atoms with Crippen molar-refractivity contribution in [1.82, 2.24) is 14.8 Å². The quantitative estimate of drug-likeness (QED) is 0.869. The average Bonchev–Trinajstić information content (AvgIpc) is 2.93. The van der Waals surface area contributed by atoms with E-state index in [1.165, 1.54) is 24.2 Å². The fourth-order valence-electron chi connectivity index (χ4n) is 2.44. The lowest BCUT2D eigenvalue weighted by atomic mass is 10.2. The summed E-state index contributed by atoms with van der Waals surface area (Å²) in [5.41, 5.74) is 5.90. The predicted molar refractivity (Wildman–Crippen MR) is 81.2 cm³/mol. The molecule has 0 spiro atoms. The number of carbonyl (C=O) groups excluding carboxylic acids is 1. The van der Waals surface area contributed by atoms with Crippen LogP contribution in [0.5, 0.6) is 0 Å². The van der Waals surface area contributed by atoms with Gasteiger partial charge in [-0.3, -0.25) is 4.79 Å². The molecule has 2 heterocycles. The zero-order valence-corrected chi connectivity index (χ0v) is 12.7. The molecular formula is C13H21N5OS. The summed E-state index contributed by atoms with van der Waals surface area (Å²) in [7, 11) is 4.11. The van der Waals surface area contributed by atoms with Crippen LogP contribution in [0.3, 0.4) is 0 Å². The van der Waals surface area contributed by atoms with Crippen LogP contribution in [-0.2, 0) is 0 Å². The molecule has 1 aliphatic carbocycles. The number of likely N-dealkylation sites (N-methyl/N-ethyl adjacent to an activating group) is 1. The van der Waals surface area contributed by atoms with Gasteiger partial charge in [0.2, 0.25) is 0 Å². The Morgan fingerprint density at radius 3 is 2.80 bits per heavy atom. The molecule has 2 fully saturated rings. The maximum Gasteiger partial charge on any atom is 0.267 e. The first kappa shape index (κ1) is 13.6. The number of hydrogen-bond acceptors (Lipinski definition) is 6. The molecule has 20 heavy (non-hydrogen) atoms. The number of likely N-dealkylation sites (tertiary alicyclic amines) is 1. The topological polar surface area (TPSA) is 74.5 Å². The van der Waals surface area contributed by atoms with Crippen LogP contribution in [-0.4, -0.2) is 60.0 Å². The minimum Gasteiger partial charge on any atom is -0.382 e. The summed E-state index contributed by atoms with van der Waals surface area (Å²) in [5.74, 6) is 0.379. The van der Waals surface area contributed by atoms with Crippen LogP contribution < -0.4 is 11.1 Å². The Bertz CT molecular complexity index is 511. The predicted octanol–water partition coefficient (Wildman–Crippen LogP) is 1.08. The van der Waals surface area contributed by atoms with Crippen molar-refractivity contribution in [3.8, 4) is 0 Å². The van der Waals surface area contributed by atoms with Crippen LogP contribution in [0.15, 0.2) is 0 Å². The van der Waals surface area contributed by atoms with Gasteiger partial charge < -0.3 is 20.9 Å². The Morgan fingerprint density at radius 2 is 2.20 bits per heavy atom. The molecule has 2 aliphatic rings. The van der Waals surface area contributed by atoms with Crippen molar-refractivity contribution in [3.05, 3.63) is 4.88 Å². The van der Waals surface area contributed by atoms with E-state index in [0.717, 1.165) is 24.6 Å². The Morgan fingerprint density at radius 1 is 1.45 bits per heavy atom. The molecule has 1 amide bonds. The number of thiazole rings is 1. The lowest BCUT2D eigenvalue weighted by molar-refractivity contribution is 0.0788. The van der Waals surface area contributed by atoms with E-state index >= 15 is 0 Å². The number of rotatable bonds is 4. The van der Waals surface area contributed by atoms with Crippen LogP contribution in [0.1, 0.15) is 28.9 Å². The number of carbonyl (C=O) groups is 1. The average molecular weight is 295 g/mol. The second-order valence-electron chi connectivity index (χ2n) is 5.81. The van der Waals surface area contributed by atoms with E-state index in [0.29, 0.717) is 22.8 Å². The highest BCUT2D eigenvalue weighted by Gasteiger charge is 2.31. The van der Waals surface area contributed by atoms with Crippen molar-refractivity contribution in [2.75, 3.05) is 38.2 Å². The third-order valence-corrected chi connectivity index (χ3v) is 4.92. The molecule has 0 aromatic carbocycles. The molecule has 1 saturated heterocycles. The Hall–Kier alpha value is -1.34. The van der Waals surface area contributed by atoms with Crippen molar-refractivity contribution in [1.29, 1.82) is 0 Å². The molecule has 6 nitrogen and oxygen atoms in total. The Labute approximate surface area is 123 Å². The molecule has 1 unspecified atom stereocenters. The highest BCUT2D eigenvalue weighted by atomic mass is 32.1. The summed E-state index contributed by atoms with van der Waals surface area (Å²) in [6.07, 6.45) is 3.38. The van der Waals surface area contributed by atoms with Gasteiger partial charge in [-0.1, -0.05) is 11.3 Å². The summed E-state index contributed by atoms with van der Waals surface area (Å²) in [6, 6.07) is 0.963. The van der Waals surface area contributed by atoms with Crippen molar-refractivity contribution in [2.24, 2.45) is 0 Å². The van der Waals surface area contributed by atoms with Crippen molar-refractivity contribution < 1.29 is 4.79 Å². The van der Waals surface area contributed by atoms with E-state index in [4.69, 9.17) is 5.73 Å². The van der Waals surface area contributed by atoms with E-state index in [1.807, 2.05) is 4.90 Å². The molecule has 0 radical (unpaired) electrons. The summed E-state index contributed by atoms with van der Waals surface area (Å²) in [6.45, 7) is 1.57. The van der Waals surface area contributed by atoms with Crippen LogP contribution in [0.25, 0.3) is 0 Å². The number of nitrogens with one attached hydrogen (secondary N) is 1.